The van der Waals surface area contributed by atoms with Crippen LogP contribution in [0.4, 0.5) is 0 Å². The Hall–Kier alpha value is -0.710. The average molecular weight is 339 g/mol. The molecule has 2 aromatic heterocycles. The summed E-state index contributed by atoms with van der Waals surface area (Å²) in [5.74, 6) is 0. The van der Waals surface area contributed by atoms with Gasteiger partial charge in [0.1, 0.15) is 0 Å². The highest BCUT2D eigenvalue weighted by atomic mass is 79.9. The quantitative estimate of drug-likeness (QED) is 0.875. The standard InChI is InChI=1S/C15H19BrN2S/c1-9-7-10(2)18-12(4)15(9)11(3)17-8-14-13(16)5-6-19-14/h5-7,11,17H,8H2,1-4H3. The Labute approximate surface area is 127 Å². The Balaban J connectivity index is 2.12. The van der Waals surface area contributed by atoms with Crippen LogP contribution in [0.2, 0.25) is 0 Å². The molecule has 0 aliphatic heterocycles. The van der Waals surface area contributed by atoms with Crippen LogP contribution in [0.15, 0.2) is 22.0 Å². The molecule has 0 saturated carbocycles. The zero-order valence-corrected chi connectivity index (χ0v) is 14.2. The van der Waals surface area contributed by atoms with E-state index in [9.17, 15) is 0 Å². The molecular weight excluding hydrogens is 320 g/mol. The lowest BCUT2D eigenvalue weighted by molar-refractivity contribution is 0.570. The Bertz CT molecular complexity index is 554. The summed E-state index contributed by atoms with van der Waals surface area (Å²) in [5, 5.41) is 5.69. The number of rotatable bonds is 4. The Morgan fingerprint density at radius 2 is 2.11 bits per heavy atom. The van der Waals surface area contributed by atoms with E-state index in [1.807, 2.05) is 6.92 Å². The van der Waals surface area contributed by atoms with E-state index in [0.29, 0.717) is 6.04 Å². The molecule has 0 saturated heterocycles. The van der Waals surface area contributed by atoms with Gasteiger partial charge in [-0.05, 0) is 72.3 Å². The largest absolute Gasteiger partial charge is 0.305 e. The minimum Gasteiger partial charge on any atom is -0.305 e. The zero-order chi connectivity index (χ0) is 14.0. The first-order chi connectivity index (χ1) is 8.99. The third-order valence-electron chi connectivity index (χ3n) is 3.28. The Morgan fingerprint density at radius 1 is 1.37 bits per heavy atom. The molecule has 1 unspecified atom stereocenters. The van der Waals surface area contributed by atoms with E-state index in [1.54, 1.807) is 11.3 Å². The van der Waals surface area contributed by atoms with Crippen LogP contribution in [0.1, 0.15) is 40.4 Å². The number of aromatic nitrogens is 1. The first-order valence-corrected chi connectivity index (χ1v) is 8.06. The van der Waals surface area contributed by atoms with E-state index < -0.39 is 0 Å². The lowest BCUT2D eigenvalue weighted by atomic mass is 10.0. The highest BCUT2D eigenvalue weighted by molar-refractivity contribution is 9.10. The summed E-state index contributed by atoms with van der Waals surface area (Å²) in [6.07, 6.45) is 0. The van der Waals surface area contributed by atoms with Crippen molar-refractivity contribution in [1.82, 2.24) is 10.3 Å². The minimum atomic E-state index is 0.307. The van der Waals surface area contributed by atoms with Gasteiger partial charge in [-0.25, -0.2) is 0 Å². The lowest BCUT2D eigenvalue weighted by Crippen LogP contribution is -2.20. The van der Waals surface area contributed by atoms with E-state index in [2.05, 4.69) is 64.5 Å². The van der Waals surface area contributed by atoms with Gasteiger partial charge in [-0.1, -0.05) is 0 Å². The number of hydrogen-bond donors (Lipinski definition) is 1. The van der Waals surface area contributed by atoms with Crippen LogP contribution in [-0.2, 0) is 6.54 Å². The van der Waals surface area contributed by atoms with Crippen LogP contribution >= 0.6 is 27.3 Å². The molecule has 0 bridgehead atoms. The van der Waals surface area contributed by atoms with E-state index in [4.69, 9.17) is 0 Å². The van der Waals surface area contributed by atoms with Crippen LogP contribution < -0.4 is 5.32 Å². The van der Waals surface area contributed by atoms with Gasteiger partial charge in [0.05, 0.1) is 0 Å². The van der Waals surface area contributed by atoms with Crippen LogP contribution in [0, 0.1) is 20.8 Å². The molecule has 102 valence electrons. The van der Waals surface area contributed by atoms with E-state index in [0.717, 1.165) is 17.9 Å². The summed E-state index contributed by atoms with van der Waals surface area (Å²) in [5.41, 5.74) is 4.85. The summed E-state index contributed by atoms with van der Waals surface area (Å²) in [7, 11) is 0. The van der Waals surface area contributed by atoms with Gasteiger partial charge in [-0.3, -0.25) is 4.98 Å². The molecule has 4 heteroatoms. The maximum absolute atomic E-state index is 4.57. The van der Waals surface area contributed by atoms with Crippen molar-refractivity contribution < 1.29 is 0 Å². The second kappa shape index (κ2) is 6.16. The predicted molar refractivity (Wildman–Crippen MR) is 85.7 cm³/mol. The van der Waals surface area contributed by atoms with Crippen molar-refractivity contribution in [3.63, 3.8) is 0 Å². The number of hydrogen-bond acceptors (Lipinski definition) is 3. The second-order valence-corrected chi connectivity index (χ2v) is 6.73. The van der Waals surface area contributed by atoms with Gasteiger partial charge in [0.15, 0.2) is 0 Å². The lowest BCUT2D eigenvalue weighted by Gasteiger charge is -2.19. The molecular formula is C15H19BrN2S. The Morgan fingerprint density at radius 3 is 2.68 bits per heavy atom. The molecule has 0 amide bonds. The first kappa shape index (κ1) is 14.7. The third kappa shape index (κ3) is 3.44. The number of pyridine rings is 1. The number of nitrogens with zero attached hydrogens (tertiary/aromatic N) is 1. The summed E-state index contributed by atoms with van der Waals surface area (Å²) >= 11 is 5.34. The van der Waals surface area contributed by atoms with E-state index in [1.165, 1.54) is 20.5 Å². The summed E-state index contributed by atoms with van der Waals surface area (Å²) in [6.45, 7) is 9.38. The van der Waals surface area contributed by atoms with Crippen molar-refractivity contribution in [2.75, 3.05) is 0 Å². The fourth-order valence-corrected chi connectivity index (χ4v) is 3.93. The van der Waals surface area contributed by atoms with Crippen molar-refractivity contribution in [3.8, 4) is 0 Å². The molecule has 2 aromatic rings. The zero-order valence-electron chi connectivity index (χ0n) is 11.7. The Kier molecular flexibility index (Phi) is 4.76. The number of nitrogens with one attached hydrogen (secondary N) is 1. The highest BCUT2D eigenvalue weighted by Crippen LogP contribution is 2.25. The van der Waals surface area contributed by atoms with E-state index >= 15 is 0 Å². The summed E-state index contributed by atoms with van der Waals surface area (Å²) in [4.78, 5) is 5.91. The maximum Gasteiger partial charge on any atom is 0.0426 e. The molecule has 19 heavy (non-hydrogen) atoms. The van der Waals surface area contributed by atoms with Gasteiger partial charge in [0, 0.05) is 33.3 Å². The molecule has 2 heterocycles. The van der Waals surface area contributed by atoms with Gasteiger partial charge >= 0.3 is 0 Å². The molecule has 0 aliphatic rings. The molecule has 0 aliphatic carbocycles. The molecule has 1 atom stereocenters. The number of thiophene rings is 1. The van der Waals surface area contributed by atoms with Crippen LogP contribution in [0.3, 0.4) is 0 Å². The van der Waals surface area contributed by atoms with Gasteiger partial charge < -0.3 is 5.32 Å². The van der Waals surface area contributed by atoms with Crippen molar-refractivity contribution in [3.05, 3.63) is 49.4 Å². The fraction of sp³-hybridized carbons (Fsp3) is 0.400. The number of aryl methyl sites for hydroxylation is 3. The number of halogens is 1. The smallest absolute Gasteiger partial charge is 0.0426 e. The fourth-order valence-electron chi connectivity index (χ4n) is 2.49. The molecule has 1 N–H and O–H groups in total. The summed E-state index contributed by atoms with van der Waals surface area (Å²) < 4.78 is 1.19. The maximum atomic E-state index is 4.57. The normalized spacial score (nSPS) is 12.7. The van der Waals surface area contributed by atoms with Crippen molar-refractivity contribution in [2.45, 2.75) is 40.3 Å². The van der Waals surface area contributed by atoms with Crippen molar-refractivity contribution in [2.24, 2.45) is 0 Å². The first-order valence-electron chi connectivity index (χ1n) is 6.39. The monoisotopic (exact) mass is 338 g/mol. The average Bonchev–Trinajstić information content (AvgIpc) is 2.70. The molecule has 0 radical (unpaired) electrons. The molecule has 0 spiro atoms. The van der Waals surface area contributed by atoms with Crippen LogP contribution in [-0.4, -0.2) is 4.98 Å². The predicted octanol–water partition coefficient (Wildman–Crippen LogP) is 4.68. The molecule has 0 fully saturated rings. The SMILES string of the molecule is Cc1cc(C)c(C(C)NCc2sccc2Br)c(C)n1. The second-order valence-electron chi connectivity index (χ2n) is 4.87. The molecule has 0 aromatic carbocycles. The summed E-state index contributed by atoms with van der Waals surface area (Å²) in [6, 6.07) is 4.56. The van der Waals surface area contributed by atoms with E-state index in [-0.39, 0.29) is 0 Å². The van der Waals surface area contributed by atoms with Crippen LogP contribution in [0.5, 0.6) is 0 Å². The van der Waals surface area contributed by atoms with Crippen molar-refractivity contribution >= 4 is 27.3 Å². The van der Waals surface area contributed by atoms with Gasteiger partial charge in [0.25, 0.3) is 0 Å². The van der Waals surface area contributed by atoms with Crippen LogP contribution in [0.25, 0.3) is 0 Å². The van der Waals surface area contributed by atoms with Gasteiger partial charge in [-0.15, -0.1) is 11.3 Å². The topological polar surface area (TPSA) is 24.9 Å². The van der Waals surface area contributed by atoms with Crippen molar-refractivity contribution in [1.29, 1.82) is 0 Å². The molecule has 2 rings (SSSR count). The third-order valence-corrected chi connectivity index (χ3v) is 5.20. The van der Waals surface area contributed by atoms with Gasteiger partial charge in [-0.2, -0.15) is 0 Å². The molecule has 2 nitrogen and oxygen atoms in total. The van der Waals surface area contributed by atoms with Gasteiger partial charge in [0.2, 0.25) is 0 Å². The minimum absolute atomic E-state index is 0.307. The highest BCUT2D eigenvalue weighted by Gasteiger charge is 2.13.